The highest BCUT2D eigenvalue weighted by Crippen LogP contribution is 2.45. The number of nitrogens with zero attached hydrogens (tertiary/aromatic N) is 3. The van der Waals surface area contributed by atoms with Crippen LogP contribution in [-0.4, -0.2) is 33.1 Å². The average molecular weight is 560 g/mol. The Bertz CT molecular complexity index is 1620. The molecule has 2 unspecified atom stereocenters. The van der Waals surface area contributed by atoms with Gasteiger partial charge in [0.1, 0.15) is 29.5 Å². The molecule has 1 fully saturated rings. The van der Waals surface area contributed by atoms with Crippen molar-refractivity contribution < 1.29 is 23.8 Å². The molecule has 196 valence electrons. The Hall–Kier alpha value is -4.02. The number of aromatic nitrogens is 2. The lowest BCUT2D eigenvalue weighted by Crippen LogP contribution is -2.29. The van der Waals surface area contributed by atoms with Gasteiger partial charge in [0.15, 0.2) is 4.34 Å². The summed E-state index contributed by atoms with van der Waals surface area (Å²) in [6.07, 6.45) is 0.642. The lowest BCUT2D eigenvalue weighted by atomic mass is 9.94. The summed E-state index contributed by atoms with van der Waals surface area (Å²) < 4.78 is 21.5. The van der Waals surface area contributed by atoms with Crippen LogP contribution in [0.4, 0.5) is 9.52 Å². The zero-order valence-electron chi connectivity index (χ0n) is 20.7. The summed E-state index contributed by atoms with van der Waals surface area (Å²) in [4.78, 5) is 27.9. The Morgan fingerprint density at radius 2 is 1.87 bits per heavy atom. The Morgan fingerprint density at radius 3 is 2.67 bits per heavy atom. The van der Waals surface area contributed by atoms with Crippen molar-refractivity contribution in [1.82, 2.24) is 10.2 Å². The highest BCUT2D eigenvalue weighted by Gasteiger charge is 2.49. The largest absolute Gasteiger partial charge is 0.507 e. The average Bonchev–Trinajstić information content (AvgIpc) is 3.63. The second-order valence-corrected chi connectivity index (χ2v) is 11.4. The third-order valence-electron chi connectivity index (χ3n) is 6.62. The predicted octanol–water partition coefficient (Wildman–Crippen LogP) is 5.92. The fraction of sp³-hybridized carbons (Fsp3) is 0.172. The molecule has 0 aliphatic carbocycles. The van der Waals surface area contributed by atoms with E-state index in [-0.39, 0.29) is 28.1 Å². The van der Waals surface area contributed by atoms with Crippen LogP contribution in [0.5, 0.6) is 5.75 Å². The number of Topliss-reactive ketones (excluding diaryl/α,β-unsaturated/α-hetero) is 1. The molecule has 4 aromatic rings. The number of ketones is 1. The van der Waals surface area contributed by atoms with Gasteiger partial charge < -0.3 is 9.84 Å². The molecule has 0 bridgehead atoms. The third kappa shape index (κ3) is 4.70. The van der Waals surface area contributed by atoms with Gasteiger partial charge in [-0.25, -0.2) is 4.39 Å². The van der Waals surface area contributed by atoms with E-state index in [0.29, 0.717) is 27.8 Å². The van der Waals surface area contributed by atoms with E-state index in [2.05, 4.69) is 10.2 Å². The van der Waals surface area contributed by atoms with E-state index in [4.69, 9.17) is 4.74 Å². The molecule has 1 N–H and O–H groups in total. The first-order valence-electron chi connectivity index (χ1n) is 12.3. The predicted molar refractivity (Wildman–Crippen MR) is 147 cm³/mol. The second-order valence-electron chi connectivity index (χ2n) is 9.27. The van der Waals surface area contributed by atoms with Crippen molar-refractivity contribution >= 4 is 45.7 Å². The quantitative estimate of drug-likeness (QED) is 0.103. The van der Waals surface area contributed by atoms with Crippen molar-refractivity contribution in [3.63, 3.8) is 0 Å². The zero-order valence-corrected chi connectivity index (χ0v) is 22.3. The van der Waals surface area contributed by atoms with Gasteiger partial charge in [0.25, 0.3) is 5.78 Å². The first kappa shape index (κ1) is 25.3. The van der Waals surface area contributed by atoms with Crippen LogP contribution in [0.15, 0.2) is 82.7 Å². The van der Waals surface area contributed by atoms with Gasteiger partial charge in [0.05, 0.1) is 5.57 Å². The van der Waals surface area contributed by atoms with Gasteiger partial charge in [-0.05, 0) is 42.3 Å². The first-order valence-corrected chi connectivity index (χ1v) is 14.1. The maximum Gasteiger partial charge on any atom is 0.301 e. The molecule has 6 rings (SSSR count). The standard InChI is InChI=1S/C29H22FN3O4S2/c1-16-13-19-14-18(11-12-22(19)37-16)25(34)23-24(20-9-5-6-10-21(20)30)33(27(36)26(23)35)28-31-32-29(39-28)38-15-17-7-3-2-4-8-17/h2-12,14,16,24,34H,13,15H2,1H3. The van der Waals surface area contributed by atoms with Crippen LogP contribution in [0.3, 0.4) is 0 Å². The van der Waals surface area contributed by atoms with Crippen LogP contribution in [0.25, 0.3) is 5.76 Å². The third-order valence-corrected chi connectivity index (χ3v) is 8.75. The maximum atomic E-state index is 15.2. The number of ether oxygens (including phenoxy) is 1. The number of rotatable bonds is 6. The number of aliphatic hydroxyl groups is 1. The molecule has 2 aliphatic rings. The molecule has 3 aromatic carbocycles. The minimum atomic E-state index is -1.21. The highest BCUT2D eigenvalue weighted by molar-refractivity contribution is 8.00. The number of carbonyl (C=O) groups excluding carboxylic acids is 2. The van der Waals surface area contributed by atoms with Crippen molar-refractivity contribution in [3.05, 3.63) is 106 Å². The van der Waals surface area contributed by atoms with Gasteiger partial charge in [-0.1, -0.05) is 71.6 Å². The molecule has 1 saturated heterocycles. The fourth-order valence-corrected chi connectivity index (χ4v) is 6.65. The Balaban J connectivity index is 1.41. The van der Waals surface area contributed by atoms with Gasteiger partial charge in [0, 0.05) is 23.3 Å². The van der Waals surface area contributed by atoms with Crippen molar-refractivity contribution in [2.75, 3.05) is 4.90 Å². The minimum absolute atomic E-state index is 0.00671. The molecule has 39 heavy (non-hydrogen) atoms. The molecule has 1 amide bonds. The molecule has 7 nitrogen and oxygen atoms in total. The van der Waals surface area contributed by atoms with Gasteiger partial charge in [0.2, 0.25) is 5.13 Å². The highest BCUT2D eigenvalue weighted by atomic mass is 32.2. The summed E-state index contributed by atoms with van der Waals surface area (Å²) in [5.41, 5.74) is 2.20. The number of carbonyl (C=O) groups is 2. The molecular formula is C29H22FN3O4S2. The molecule has 0 spiro atoms. The number of hydrogen-bond acceptors (Lipinski definition) is 8. The van der Waals surface area contributed by atoms with E-state index in [0.717, 1.165) is 27.4 Å². The topological polar surface area (TPSA) is 92.6 Å². The number of halogens is 1. The Kier molecular flexibility index (Phi) is 6.66. The van der Waals surface area contributed by atoms with Crippen LogP contribution in [0.2, 0.25) is 0 Å². The number of fused-ring (bicyclic) bond motifs is 1. The summed E-state index contributed by atoms with van der Waals surface area (Å²) in [7, 11) is 0. The number of amides is 1. The van der Waals surface area contributed by atoms with E-state index in [1.54, 1.807) is 24.3 Å². The van der Waals surface area contributed by atoms with Gasteiger partial charge in [-0.15, -0.1) is 10.2 Å². The maximum absolute atomic E-state index is 15.2. The summed E-state index contributed by atoms with van der Waals surface area (Å²) in [6.45, 7) is 1.94. The van der Waals surface area contributed by atoms with Gasteiger partial charge in [-0.2, -0.15) is 0 Å². The van der Waals surface area contributed by atoms with Crippen LogP contribution >= 0.6 is 23.1 Å². The summed E-state index contributed by atoms with van der Waals surface area (Å²) >= 11 is 2.58. The van der Waals surface area contributed by atoms with Gasteiger partial charge >= 0.3 is 5.91 Å². The van der Waals surface area contributed by atoms with Crippen molar-refractivity contribution in [3.8, 4) is 5.75 Å². The molecule has 3 heterocycles. The van der Waals surface area contributed by atoms with E-state index in [9.17, 15) is 14.7 Å². The smallest absolute Gasteiger partial charge is 0.301 e. The molecule has 2 aliphatic heterocycles. The van der Waals surface area contributed by atoms with Crippen molar-refractivity contribution in [2.45, 2.75) is 35.6 Å². The number of thioether (sulfide) groups is 1. The van der Waals surface area contributed by atoms with E-state index >= 15 is 4.39 Å². The lowest BCUT2D eigenvalue weighted by molar-refractivity contribution is -0.132. The summed E-state index contributed by atoms with van der Waals surface area (Å²) in [6, 6.07) is 19.6. The van der Waals surface area contributed by atoms with Crippen LogP contribution in [0, 0.1) is 5.82 Å². The lowest BCUT2D eigenvalue weighted by Gasteiger charge is -2.22. The Labute approximate surface area is 232 Å². The fourth-order valence-electron chi connectivity index (χ4n) is 4.82. The normalized spacial score (nSPS) is 19.8. The Morgan fingerprint density at radius 1 is 1.10 bits per heavy atom. The van der Waals surface area contributed by atoms with Crippen molar-refractivity contribution in [1.29, 1.82) is 0 Å². The molecule has 0 radical (unpaired) electrons. The minimum Gasteiger partial charge on any atom is -0.507 e. The van der Waals surface area contributed by atoms with E-state index < -0.39 is 23.5 Å². The SMILES string of the molecule is CC1Cc2cc(C(O)=C3C(=O)C(=O)N(c4nnc(SCc5ccccc5)s4)C3c3ccccc3F)ccc2O1. The van der Waals surface area contributed by atoms with Crippen LogP contribution < -0.4 is 9.64 Å². The molecule has 2 atom stereocenters. The monoisotopic (exact) mass is 559 g/mol. The van der Waals surface area contributed by atoms with E-state index in [1.807, 2.05) is 37.3 Å². The zero-order chi connectivity index (χ0) is 27.1. The van der Waals surface area contributed by atoms with Crippen LogP contribution in [0.1, 0.15) is 35.2 Å². The molecular weight excluding hydrogens is 537 g/mol. The first-order chi connectivity index (χ1) is 18.9. The number of hydrogen-bond donors (Lipinski definition) is 1. The summed E-state index contributed by atoms with van der Waals surface area (Å²) in [5, 5.41) is 19.9. The second kappa shape index (κ2) is 10.3. The number of aliphatic hydroxyl groups excluding tert-OH is 1. The molecule has 1 aromatic heterocycles. The molecule has 10 heteroatoms. The summed E-state index contributed by atoms with van der Waals surface area (Å²) in [5.74, 6) is -1.46. The van der Waals surface area contributed by atoms with Gasteiger partial charge in [-0.3, -0.25) is 14.5 Å². The number of anilines is 1. The van der Waals surface area contributed by atoms with E-state index in [1.165, 1.54) is 30.0 Å². The molecule has 0 saturated carbocycles. The van der Waals surface area contributed by atoms with Crippen molar-refractivity contribution in [2.24, 2.45) is 0 Å². The van der Waals surface area contributed by atoms with Crippen LogP contribution in [-0.2, 0) is 21.8 Å². The number of benzene rings is 3.